The van der Waals surface area contributed by atoms with E-state index in [0.717, 1.165) is 29.6 Å². The van der Waals surface area contributed by atoms with E-state index in [9.17, 15) is 4.79 Å². The van der Waals surface area contributed by atoms with Gasteiger partial charge in [0.15, 0.2) is 5.76 Å². The van der Waals surface area contributed by atoms with Crippen LogP contribution in [-0.4, -0.2) is 45.8 Å². The van der Waals surface area contributed by atoms with Gasteiger partial charge in [0.05, 0.1) is 12.6 Å². The number of benzene rings is 1. The van der Waals surface area contributed by atoms with Gasteiger partial charge in [-0.2, -0.15) is 5.10 Å². The summed E-state index contributed by atoms with van der Waals surface area (Å²) >= 11 is 0. The standard InChI is InChI=1S/C19H22N4O2/c1-13(2)22-10-14(11-22)21-19(24)18-16(12-23-9-5-8-20-23)15-6-3-4-7-17(15)25-18/h3-9,13-14H,10-12H2,1-2H3,(H,21,24). The highest BCUT2D eigenvalue weighted by Crippen LogP contribution is 2.27. The highest BCUT2D eigenvalue weighted by atomic mass is 16.3. The number of carbonyl (C=O) groups excluding carboxylic acids is 1. The van der Waals surface area contributed by atoms with Crippen LogP contribution in [0.2, 0.25) is 0 Å². The van der Waals surface area contributed by atoms with E-state index in [4.69, 9.17) is 4.42 Å². The lowest BCUT2D eigenvalue weighted by Gasteiger charge is -2.42. The highest BCUT2D eigenvalue weighted by molar-refractivity contribution is 5.99. The number of hydrogen-bond donors (Lipinski definition) is 1. The molecule has 4 rings (SSSR count). The number of fused-ring (bicyclic) bond motifs is 1. The third kappa shape index (κ3) is 3.05. The zero-order chi connectivity index (χ0) is 17.4. The summed E-state index contributed by atoms with van der Waals surface area (Å²) in [6, 6.07) is 10.3. The van der Waals surface area contributed by atoms with Gasteiger partial charge in [0.2, 0.25) is 0 Å². The van der Waals surface area contributed by atoms with E-state index >= 15 is 0 Å². The maximum Gasteiger partial charge on any atom is 0.287 e. The monoisotopic (exact) mass is 338 g/mol. The van der Waals surface area contributed by atoms with E-state index in [1.807, 2.05) is 36.5 Å². The second-order valence-corrected chi connectivity index (χ2v) is 6.83. The molecule has 0 bridgehead atoms. The van der Waals surface area contributed by atoms with E-state index in [-0.39, 0.29) is 11.9 Å². The van der Waals surface area contributed by atoms with E-state index < -0.39 is 0 Å². The predicted octanol–water partition coefficient (Wildman–Crippen LogP) is 2.50. The number of para-hydroxylation sites is 1. The van der Waals surface area contributed by atoms with Crippen molar-refractivity contribution in [3.8, 4) is 0 Å². The Labute approximate surface area is 146 Å². The van der Waals surface area contributed by atoms with Crippen molar-refractivity contribution in [3.63, 3.8) is 0 Å². The van der Waals surface area contributed by atoms with Crippen molar-refractivity contribution >= 4 is 16.9 Å². The molecule has 0 atom stereocenters. The van der Waals surface area contributed by atoms with Crippen LogP contribution in [0, 0.1) is 0 Å². The number of amides is 1. The molecule has 130 valence electrons. The maximum atomic E-state index is 12.8. The molecule has 3 aromatic rings. The molecular formula is C19H22N4O2. The molecule has 25 heavy (non-hydrogen) atoms. The Balaban J connectivity index is 1.59. The first-order valence-electron chi connectivity index (χ1n) is 8.64. The normalized spacial score (nSPS) is 15.6. The Morgan fingerprint density at radius 2 is 2.12 bits per heavy atom. The minimum Gasteiger partial charge on any atom is -0.451 e. The number of hydrogen-bond acceptors (Lipinski definition) is 4. The third-order valence-electron chi connectivity index (χ3n) is 4.76. The van der Waals surface area contributed by atoms with Gasteiger partial charge in [-0.05, 0) is 26.0 Å². The molecule has 1 saturated heterocycles. The Bertz CT molecular complexity index is 876. The summed E-state index contributed by atoms with van der Waals surface area (Å²) in [5.74, 6) is 0.242. The van der Waals surface area contributed by atoms with Crippen LogP contribution in [0.15, 0.2) is 47.1 Å². The van der Waals surface area contributed by atoms with Crippen LogP contribution in [0.4, 0.5) is 0 Å². The molecule has 3 heterocycles. The van der Waals surface area contributed by atoms with Crippen LogP contribution in [0.3, 0.4) is 0 Å². The molecule has 0 aliphatic carbocycles. The summed E-state index contributed by atoms with van der Waals surface area (Å²) in [4.78, 5) is 15.1. The predicted molar refractivity (Wildman–Crippen MR) is 95.5 cm³/mol. The first kappa shape index (κ1) is 15.9. The van der Waals surface area contributed by atoms with Crippen LogP contribution in [0.5, 0.6) is 0 Å². The minimum absolute atomic E-state index is 0.147. The number of nitrogens with one attached hydrogen (secondary N) is 1. The van der Waals surface area contributed by atoms with Gasteiger partial charge in [0.1, 0.15) is 5.58 Å². The highest BCUT2D eigenvalue weighted by Gasteiger charge is 2.31. The van der Waals surface area contributed by atoms with Crippen LogP contribution in [0.25, 0.3) is 11.0 Å². The topological polar surface area (TPSA) is 63.3 Å². The largest absolute Gasteiger partial charge is 0.451 e. The minimum atomic E-state index is -0.147. The summed E-state index contributed by atoms with van der Waals surface area (Å²) in [6.07, 6.45) is 3.62. The van der Waals surface area contributed by atoms with Crippen LogP contribution >= 0.6 is 0 Å². The Morgan fingerprint density at radius 1 is 1.32 bits per heavy atom. The maximum absolute atomic E-state index is 12.8. The molecule has 0 radical (unpaired) electrons. The fourth-order valence-electron chi connectivity index (χ4n) is 3.27. The molecule has 6 nitrogen and oxygen atoms in total. The van der Waals surface area contributed by atoms with Gasteiger partial charge in [-0.25, -0.2) is 0 Å². The molecular weight excluding hydrogens is 316 g/mol. The molecule has 2 aromatic heterocycles. The lowest BCUT2D eigenvalue weighted by Crippen LogP contribution is -2.61. The van der Waals surface area contributed by atoms with Gasteiger partial charge in [-0.3, -0.25) is 14.4 Å². The average molecular weight is 338 g/mol. The van der Waals surface area contributed by atoms with Crippen molar-refractivity contribution in [3.05, 3.63) is 54.0 Å². The molecule has 6 heteroatoms. The number of aromatic nitrogens is 2. The van der Waals surface area contributed by atoms with Crippen molar-refractivity contribution in [1.82, 2.24) is 20.0 Å². The van der Waals surface area contributed by atoms with E-state index in [1.54, 1.807) is 10.9 Å². The summed E-state index contributed by atoms with van der Waals surface area (Å²) in [5, 5.41) is 8.31. The molecule has 0 unspecified atom stereocenters. The average Bonchev–Trinajstić information content (AvgIpc) is 3.18. The summed E-state index contributed by atoms with van der Waals surface area (Å²) < 4.78 is 7.69. The summed E-state index contributed by atoms with van der Waals surface area (Å²) in [6.45, 7) is 6.62. The Hall–Kier alpha value is -2.60. The zero-order valence-corrected chi connectivity index (χ0v) is 14.5. The lowest BCUT2D eigenvalue weighted by atomic mass is 10.1. The summed E-state index contributed by atoms with van der Waals surface area (Å²) in [5.41, 5.74) is 1.60. The molecule has 1 fully saturated rings. The van der Waals surface area contributed by atoms with Crippen molar-refractivity contribution in [2.75, 3.05) is 13.1 Å². The molecule has 1 N–H and O–H groups in total. The molecule has 1 aromatic carbocycles. The summed E-state index contributed by atoms with van der Waals surface area (Å²) in [7, 11) is 0. The molecule has 0 saturated carbocycles. The third-order valence-corrected chi connectivity index (χ3v) is 4.76. The van der Waals surface area contributed by atoms with Crippen molar-refractivity contribution < 1.29 is 9.21 Å². The van der Waals surface area contributed by atoms with Gasteiger partial charge in [-0.15, -0.1) is 0 Å². The van der Waals surface area contributed by atoms with Crippen LogP contribution in [-0.2, 0) is 6.54 Å². The van der Waals surface area contributed by atoms with Crippen molar-refractivity contribution in [2.45, 2.75) is 32.5 Å². The van der Waals surface area contributed by atoms with E-state index in [1.165, 1.54) is 0 Å². The van der Waals surface area contributed by atoms with Gasteiger partial charge in [-0.1, -0.05) is 18.2 Å². The van der Waals surface area contributed by atoms with Gasteiger partial charge < -0.3 is 9.73 Å². The van der Waals surface area contributed by atoms with Crippen LogP contribution in [0.1, 0.15) is 30.0 Å². The van der Waals surface area contributed by atoms with Gasteiger partial charge in [0.25, 0.3) is 5.91 Å². The fourth-order valence-corrected chi connectivity index (χ4v) is 3.27. The quantitative estimate of drug-likeness (QED) is 0.776. The lowest BCUT2D eigenvalue weighted by molar-refractivity contribution is 0.0694. The first-order chi connectivity index (χ1) is 12.1. The van der Waals surface area contributed by atoms with Crippen LogP contribution < -0.4 is 5.32 Å². The number of likely N-dealkylation sites (tertiary alicyclic amines) is 1. The van der Waals surface area contributed by atoms with Gasteiger partial charge >= 0.3 is 0 Å². The molecule has 0 spiro atoms. The Kier molecular flexibility index (Phi) is 4.05. The van der Waals surface area contributed by atoms with E-state index in [0.29, 0.717) is 18.3 Å². The second kappa shape index (κ2) is 6.37. The smallest absolute Gasteiger partial charge is 0.287 e. The number of furan rings is 1. The number of rotatable bonds is 5. The Morgan fingerprint density at radius 3 is 2.84 bits per heavy atom. The van der Waals surface area contributed by atoms with Crippen molar-refractivity contribution in [2.24, 2.45) is 0 Å². The second-order valence-electron chi connectivity index (χ2n) is 6.83. The zero-order valence-electron chi connectivity index (χ0n) is 14.5. The van der Waals surface area contributed by atoms with Gasteiger partial charge in [0, 0.05) is 42.5 Å². The molecule has 1 aliphatic heterocycles. The fraction of sp³-hybridized carbons (Fsp3) is 0.368. The molecule has 1 aliphatic rings. The number of carbonyl (C=O) groups is 1. The SMILES string of the molecule is CC(C)N1CC(NC(=O)c2oc3ccccc3c2Cn2cccn2)C1. The molecule has 1 amide bonds. The van der Waals surface area contributed by atoms with E-state index in [2.05, 4.69) is 29.2 Å². The van der Waals surface area contributed by atoms with Crippen molar-refractivity contribution in [1.29, 1.82) is 0 Å². The first-order valence-corrected chi connectivity index (χ1v) is 8.64. The number of nitrogens with zero attached hydrogens (tertiary/aromatic N) is 3.